The van der Waals surface area contributed by atoms with Crippen LogP contribution in [0.15, 0.2) is 66.4 Å². The molecule has 3 aromatic rings. The van der Waals surface area contributed by atoms with Crippen molar-refractivity contribution in [3.05, 3.63) is 93.1 Å². The summed E-state index contributed by atoms with van der Waals surface area (Å²) in [6, 6.07) is 11.5. The van der Waals surface area contributed by atoms with Gasteiger partial charge >= 0.3 is 6.18 Å². The van der Waals surface area contributed by atoms with Gasteiger partial charge in [-0.15, -0.1) is 0 Å². The first-order chi connectivity index (χ1) is 24.4. The molecule has 4 aliphatic rings. The molecule has 2 aliphatic heterocycles. The molecule has 10 nitrogen and oxygen atoms in total. The smallest absolute Gasteiger partial charge is 0.417 e. The molecule has 52 heavy (non-hydrogen) atoms. The van der Waals surface area contributed by atoms with Crippen LogP contribution >= 0.6 is 23.2 Å². The van der Waals surface area contributed by atoms with Crippen molar-refractivity contribution < 1.29 is 42.2 Å². The number of carbonyl (C=O) groups is 4. The lowest BCUT2D eigenvalue weighted by atomic mass is 9.49. The number of hydrogen-bond donors (Lipinski definition) is 2. The predicted octanol–water partition coefficient (Wildman–Crippen LogP) is 6.90. The molecule has 15 heteroatoms. The van der Waals surface area contributed by atoms with Crippen LogP contribution in [0.2, 0.25) is 10.0 Å². The molecular weight excluding hydrogens is 724 g/mol. The first kappa shape index (κ1) is 35.8. The Morgan fingerprint density at radius 3 is 2.27 bits per heavy atom. The van der Waals surface area contributed by atoms with Crippen LogP contribution in [0.25, 0.3) is 0 Å². The quantitative estimate of drug-likeness (QED) is 0.213. The standard InChI is InChI=1S/C37H33Cl2F3N4O6/c1-35(2,3)45-31(48)22-11-10-21-23(28(22)33(45)50)15-25-32(49)46(44-30-26(39)13-18(16-43-30)37(40,41)42)34(51)36(25,17-5-7-19(38)8-6-17)29(21)24-14-20(52-4)9-12-27(24)47/h5-10,12-14,16,22-23,25,28-29,47H,11,15H2,1-4H3,(H,43,44). The van der Waals surface area contributed by atoms with Crippen LogP contribution in [0.5, 0.6) is 11.5 Å². The number of hydrogen-bond acceptors (Lipinski definition) is 8. The van der Waals surface area contributed by atoms with Gasteiger partial charge in [0.05, 0.1) is 40.9 Å². The van der Waals surface area contributed by atoms with Gasteiger partial charge in [-0.05, 0) is 81.5 Å². The van der Waals surface area contributed by atoms with Gasteiger partial charge in [0.1, 0.15) is 11.5 Å². The number of anilines is 1. The zero-order chi connectivity index (χ0) is 37.7. The molecule has 272 valence electrons. The van der Waals surface area contributed by atoms with Crippen molar-refractivity contribution >= 4 is 52.6 Å². The number of halogens is 5. The fraction of sp³-hybridized carbons (Fsp3) is 0.378. The minimum absolute atomic E-state index is 0.0508. The van der Waals surface area contributed by atoms with Crippen molar-refractivity contribution in [1.29, 1.82) is 0 Å². The Morgan fingerprint density at radius 1 is 0.962 bits per heavy atom. The molecule has 3 heterocycles. The number of amides is 4. The maximum Gasteiger partial charge on any atom is 0.417 e. The van der Waals surface area contributed by atoms with E-state index >= 15 is 4.79 Å². The summed E-state index contributed by atoms with van der Waals surface area (Å²) in [4.78, 5) is 63.1. The summed E-state index contributed by atoms with van der Waals surface area (Å²) in [7, 11) is 1.43. The van der Waals surface area contributed by atoms with E-state index in [1.165, 1.54) is 24.1 Å². The fourth-order valence-electron chi connectivity index (χ4n) is 8.68. The summed E-state index contributed by atoms with van der Waals surface area (Å²) in [5.74, 6) is -7.14. The summed E-state index contributed by atoms with van der Waals surface area (Å²) < 4.78 is 45.8. The number of benzene rings is 2. The van der Waals surface area contributed by atoms with Crippen molar-refractivity contribution in [2.24, 2.45) is 23.7 Å². The van der Waals surface area contributed by atoms with E-state index in [2.05, 4.69) is 10.4 Å². The van der Waals surface area contributed by atoms with Gasteiger partial charge in [-0.1, -0.05) is 47.0 Å². The number of fused-ring (bicyclic) bond motifs is 4. The van der Waals surface area contributed by atoms with Gasteiger partial charge in [-0.25, -0.2) is 4.98 Å². The molecule has 2 aromatic carbocycles. The highest BCUT2D eigenvalue weighted by Gasteiger charge is 2.71. The number of rotatable bonds is 5. The average molecular weight is 758 g/mol. The molecule has 2 aliphatic carbocycles. The monoisotopic (exact) mass is 756 g/mol. The molecule has 6 unspecified atom stereocenters. The van der Waals surface area contributed by atoms with E-state index < -0.39 is 75.0 Å². The number of carbonyl (C=O) groups excluding carboxylic acids is 4. The number of nitrogens with one attached hydrogen (secondary N) is 1. The number of aromatic nitrogens is 1. The highest BCUT2D eigenvalue weighted by atomic mass is 35.5. The van der Waals surface area contributed by atoms with Gasteiger partial charge in [0.25, 0.3) is 11.8 Å². The molecule has 0 spiro atoms. The molecule has 2 saturated heterocycles. The minimum Gasteiger partial charge on any atom is -0.508 e. The van der Waals surface area contributed by atoms with E-state index in [9.17, 15) is 32.7 Å². The first-order valence-electron chi connectivity index (χ1n) is 16.5. The number of methoxy groups -OCH3 is 1. The predicted molar refractivity (Wildman–Crippen MR) is 183 cm³/mol. The summed E-state index contributed by atoms with van der Waals surface area (Å²) in [5.41, 5.74) is -0.00281. The Morgan fingerprint density at radius 2 is 1.65 bits per heavy atom. The van der Waals surface area contributed by atoms with Crippen molar-refractivity contribution in [2.75, 3.05) is 12.5 Å². The molecule has 0 radical (unpaired) electrons. The van der Waals surface area contributed by atoms with Crippen LogP contribution in [-0.4, -0.2) is 56.3 Å². The van der Waals surface area contributed by atoms with E-state index in [0.29, 0.717) is 39.2 Å². The third kappa shape index (κ3) is 5.26. The molecule has 7 rings (SSSR count). The third-order valence-electron chi connectivity index (χ3n) is 10.8. The Kier molecular flexibility index (Phi) is 8.41. The zero-order valence-electron chi connectivity index (χ0n) is 28.3. The normalized spacial score (nSPS) is 27.3. The molecular formula is C37H33Cl2F3N4O6. The topological polar surface area (TPSA) is 129 Å². The number of nitrogens with zero attached hydrogens (tertiary/aromatic N) is 3. The molecule has 1 aromatic heterocycles. The number of allylic oxidation sites excluding steroid dienone is 2. The first-order valence-corrected chi connectivity index (χ1v) is 17.2. The van der Waals surface area contributed by atoms with Crippen molar-refractivity contribution in [1.82, 2.24) is 14.9 Å². The van der Waals surface area contributed by atoms with Crippen molar-refractivity contribution in [3.8, 4) is 11.5 Å². The second kappa shape index (κ2) is 12.2. The van der Waals surface area contributed by atoms with Crippen LogP contribution in [0.1, 0.15) is 56.2 Å². The molecule has 4 amide bonds. The highest BCUT2D eigenvalue weighted by Crippen LogP contribution is 2.65. The fourth-order valence-corrected chi connectivity index (χ4v) is 9.01. The number of phenolic OH excluding ortho intramolecular Hbond substituents is 1. The molecule has 1 saturated carbocycles. The molecule has 3 fully saturated rings. The summed E-state index contributed by atoms with van der Waals surface area (Å²) in [6.07, 6.45) is -2.27. The SMILES string of the molecule is COc1ccc(O)c(C2C3=CCC4C(=O)N(C(C)(C)C)C(=O)C4C3CC3C(=O)N(Nc4ncc(C(F)(F)F)cc4Cl)C(=O)C32c2ccc(Cl)cc2)c1. The third-order valence-corrected chi connectivity index (χ3v) is 11.3. The maximum atomic E-state index is 15.2. The van der Waals surface area contributed by atoms with Gasteiger partial charge in [-0.2, -0.15) is 18.2 Å². The van der Waals surface area contributed by atoms with Crippen molar-refractivity contribution in [3.63, 3.8) is 0 Å². The Balaban J connectivity index is 1.46. The molecule has 0 bridgehead atoms. The van der Waals surface area contributed by atoms with Crippen LogP contribution in [0.3, 0.4) is 0 Å². The highest BCUT2D eigenvalue weighted by molar-refractivity contribution is 6.33. The number of pyridine rings is 1. The van der Waals surface area contributed by atoms with E-state index in [1.54, 1.807) is 51.1 Å². The van der Waals surface area contributed by atoms with Crippen LogP contribution in [0, 0.1) is 23.7 Å². The van der Waals surface area contributed by atoms with Crippen LogP contribution in [-0.2, 0) is 30.8 Å². The van der Waals surface area contributed by atoms with Gasteiger partial charge in [0.2, 0.25) is 11.8 Å². The maximum absolute atomic E-state index is 15.2. The Labute approximate surface area is 306 Å². The van der Waals surface area contributed by atoms with Gasteiger partial charge in [-0.3, -0.25) is 29.5 Å². The number of imide groups is 2. The number of alkyl halides is 3. The summed E-state index contributed by atoms with van der Waals surface area (Å²) in [6.45, 7) is 5.29. The summed E-state index contributed by atoms with van der Waals surface area (Å²) >= 11 is 12.5. The molecule has 2 N–H and O–H groups in total. The lowest BCUT2D eigenvalue weighted by molar-refractivity contribution is -0.146. The second-order valence-corrected chi connectivity index (χ2v) is 15.4. The Hall–Kier alpha value is -4.62. The van der Waals surface area contributed by atoms with E-state index in [1.807, 2.05) is 6.08 Å². The minimum atomic E-state index is -4.75. The lowest BCUT2D eigenvalue weighted by Crippen LogP contribution is -2.53. The van der Waals surface area contributed by atoms with Crippen LogP contribution < -0.4 is 10.2 Å². The van der Waals surface area contributed by atoms with Gasteiger partial charge in [0, 0.05) is 28.2 Å². The van der Waals surface area contributed by atoms with Crippen LogP contribution in [0.4, 0.5) is 19.0 Å². The van der Waals surface area contributed by atoms with Crippen molar-refractivity contribution in [2.45, 2.75) is 56.7 Å². The number of phenols is 1. The average Bonchev–Trinajstić information content (AvgIpc) is 3.47. The largest absolute Gasteiger partial charge is 0.508 e. The van der Waals surface area contributed by atoms with E-state index in [0.717, 1.165) is 0 Å². The van der Waals surface area contributed by atoms with E-state index in [4.69, 9.17) is 27.9 Å². The zero-order valence-corrected chi connectivity index (χ0v) is 29.8. The number of ether oxygens (including phenoxy) is 1. The number of likely N-dealkylation sites (tertiary alicyclic amines) is 1. The Bertz CT molecular complexity index is 2070. The van der Waals surface area contributed by atoms with E-state index in [-0.39, 0.29) is 35.9 Å². The van der Waals surface area contributed by atoms with Gasteiger partial charge in [0.15, 0.2) is 5.82 Å². The molecule has 6 atom stereocenters. The number of hydrazine groups is 1. The second-order valence-electron chi connectivity index (χ2n) is 14.5. The number of aromatic hydroxyl groups is 1. The lowest BCUT2D eigenvalue weighted by Gasteiger charge is -2.50. The summed E-state index contributed by atoms with van der Waals surface area (Å²) in [5, 5.41) is 12.1. The van der Waals surface area contributed by atoms with Gasteiger partial charge < -0.3 is 9.84 Å².